The summed E-state index contributed by atoms with van der Waals surface area (Å²) in [6, 6.07) is 5.91. The van der Waals surface area contributed by atoms with Gasteiger partial charge >= 0.3 is 0 Å². The maximum atomic E-state index is 5.67. The van der Waals surface area contributed by atoms with Crippen LogP contribution in [0.3, 0.4) is 0 Å². The number of ether oxygens (including phenoxy) is 2. The van der Waals surface area contributed by atoms with Gasteiger partial charge < -0.3 is 19.4 Å². The maximum Gasteiger partial charge on any atom is 0.146 e. The first-order valence-electron chi connectivity index (χ1n) is 5.90. The molecule has 2 heterocycles. The van der Waals surface area contributed by atoms with E-state index < -0.39 is 0 Å². The quantitative estimate of drug-likeness (QED) is 0.896. The van der Waals surface area contributed by atoms with Crippen LogP contribution in [0.2, 0.25) is 0 Å². The highest BCUT2D eigenvalue weighted by molar-refractivity contribution is 5.62. The second-order valence-corrected chi connectivity index (χ2v) is 4.18. The van der Waals surface area contributed by atoms with Crippen LogP contribution in [0.5, 0.6) is 11.5 Å². The molecule has 1 aliphatic rings. The zero-order valence-corrected chi connectivity index (χ0v) is 10.2. The van der Waals surface area contributed by atoms with Crippen LogP contribution in [-0.4, -0.2) is 30.2 Å². The topological polar surface area (TPSA) is 50.4 Å². The summed E-state index contributed by atoms with van der Waals surface area (Å²) in [6.07, 6.45) is 3.55. The fraction of sp³-hybridized carbons (Fsp3) is 0.308. The number of anilines is 1. The molecule has 0 radical (unpaired) electrons. The van der Waals surface area contributed by atoms with E-state index in [4.69, 9.17) is 9.47 Å². The molecular weight excluding hydrogens is 230 g/mol. The Kier molecular flexibility index (Phi) is 2.80. The molecule has 0 amide bonds. The zero-order valence-electron chi connectivity index (χ0n) is 10.2. The summed E-state index contributed by atoms with van der Waals surface area (Å²) in [5.74, 6) is 1.69. The monoisotopic (exact) mass is 245 g/mol. The lowest BCUT2D eigenvalue weighted by molar-refractivity contribution is 0.304. The normalized spacial score (nSPS) is 13.9. The molecule has 1 aromatic heterocycles. The molecule has 1 aliphatic heterocycles. The number of nitrogens with zero attached hydrogens (tertiary/aromatic N) is 2. The number of fused-ring (bicyclic) bond motifs is 1. The van der Waals surface area contributed by atoms with Gasteiger partial charge in [0, 0.05) is 12.3 Å². The summed E-state index contributed by atoms with van der Waals surface area (Å²) < 4.78 is 10.9. The Hall–Kier alpha value is -2.17. The lowest BCUT2D eigenvalue weighted by atomic mass is 10.2. The summed E-state index contributed by atoms with van der Waals surface area (Å²) in [7, 11) is 1.66. The van der Waals surface area contributed by atoms with Gasteiger partial charge in [-0.2, -0.15) is 0 Å². The predicted octanol–water partition coefficient (Wildman–Crippen LogP) is 1.82. The molecule has 5 heteroatoms. The SMILES string of the molecule is COc1ccc2c(c1)OCCN2Cc1cnc[nH]1. The minimum absolute atomic E-state index is 0.689. The Morgan fingerprint density at radius 3 is 3.22 bits per heavy atom. The minimum Gasteiger partial charge on any atom is -0.497 e. The van der Waals surface area contributed by atoms with Gasteiger partial charge in [0.2, 0.25) is 0 Å². The van der Waals surface area contributed by atoms with Crippen molar-refractivity contribution in [3.05, 3.63) is 36.4 Å². The maximum absolute atomic E-state index is 5.67. The molecule has 2 aromatic rings. The van der Waals surface area contributed by atoms with Crippen LogP contribution >= 0.6 is 0 Å². The molecule has 5 nitrogen and oxygen atoms in total. The third-order valence-electron chi connectivity index (χ3n) is 3.04. The van der Waals surface area contributed by atoms with Gasteiger partial charge in [-0.05, 0) is 12.1 Å². The number of methoxy groups -OCH3 is 1. The van der Waals surface area contributed by atoms with E-state index >= 15 is 0 Å². The van der Waals surface area contributed by atoms with Crippen molar-refractivity contribution in [1.29, 1.82) is 0 Å². The third-order valence-corrected chi connectivity index (χ3v) is 3.04. The van der Waals surface area contributed by atoms with E-state index in [1.54, 1.807) is 13.4 Å². The third kappa shape index (κ3) is 1.99. The first kappa shape index (κ1) is 11.0. The first-order chi connectivity index (χ1) is 8.86. The summed E-state index contributed by atoms with van der Waals surface area (Å²) in [4.78, 5) is 9.43. The van der Waals surface area contributed by atoms with Crippen LogP contribution in [0.25, 0.3) is 0 Å². The Bertz CT molecular complexity index is 525. The Balaban J connectivity index is 1.87. The highest BCUT2D eigenvalue weighted by atomic mass is 16.5. The molecule has 18 heavy (non-hydrogen) atoms. The number of nitrogens with one attached hydrogen (secondary N) is 1. The van der Waals surface area contributed by atoms with Crippen LogP contribution in [0, 0.1) is 0 Å². The van der Waals surface area contributed by atoms with Gasteiger partial charge in [-0.1, -0.05) is 0 Å². The molecule has 3 rings (SSSR count). The lowest BCUT2D eigenvalue weighted by Crippen LogP contribution is -2.32. The Morgan fingerprint density at radius 2 is 2.44 bits per heavy atom. The van der Waals surface area contributed by atoms with E-state index in [0.717, 1.165) is 36.0 Å². The van der Waals surface area contributed by atoms with Crippen molar-refractivity contribution in [2.45, 2.75) is 6.54 Å². The molecule has 0 atom stereocenters. The number of rotatable bonds is 3. The molecule has 94 valence electrons. The van der Waals surface area contributed by atoms with E-state index in [9.17, 15) is 0 Å². The van der Waals surface area contributed by atoms with Gasteiger partial charge in [0.1, 0.15) is 18.1 Å². The van der Waals surface area contributed by atoms with Gasteiger partial charge in [0.15, 0.2) is 0 Å². The van der Waals surface area contributed by atoms with Crippen molar-refractivity contribution in [2.24, 2.45) is 0 Å². The summed E-state index contributed by atoms with van der Waals surface area (Å²) >= 11 is 0. The number of H-pyrrole nitrogens is 1. The van der Waals surface area contributed by atoms with Crippen molar-refractivity contribution >= 4 is 5.69 Å². The molecule has 0 unspecified atom stereocenters. The number of hydrogen-bond donors (Lipinski definition) is 1. The second-order valence-electron chi connectivity index (χ2n) is 4.18. The Morgan fingerprint density at radius 1 is 1.50 bits per heavy atom. The number of aromatic nitrogens is 2. The fourth-order valence-electron chi connectivity index (χ4n) is 2.13. The molecular formula is C13H15N3O2. The molecule has 0 saturated heterocycles. The molecule has 0 saturated carbocycles. The van der Waals surface area contributed by atoms with E-state index in [1.165, 1.54) is 0 Å². The molecule has 1 N–H and O–H groups in total. The number of aromatic amines is 1. The van der Waals surface area contributed by atoms with E-state index in [0.29, 0.717) is 6.61 Å². The zero-order chi connectivity index (χ0) is 12.4. The smallest absolute Gasteiger partial charge is 0.146 e. The lowest BCUT2D eigenvalue weighted by Gasteiger charge is -2.31. The van der Waals surface area contributed by atoms with Gasteiger partial charge in [-0.3, -0.25) is 0 Å². The number of imidazole rings is 1. The number of hydrogen-bond acceptors (Lipinski definition) is 4. The van der Waals surface area contributed by atoms with Crippen molar-refractivity contribution in [2.75, 3.05) is 25.2 Å². The van der Waals surface area contributed by atoms with Crippen LogP contribution in [0.1, 0.15) is 5.69 Å². The van der Waals surface area contributed by atoms with E-state index in [2.05, 4.69) is 14.9 Å². The van der Waals surface area contributed by atoms with Gasteiger partial charge in [0.05, 0.1) is 37.9 Å². The van der Waals surface area contributed by atoms with Gasteiger partial charge in [0.25, 0.3) is 0 Å². The molecule has 0 bridgehead atoms. The minimum atomic E-state index is 0.689. The summed E-state index contributed by atoms with van der Waals surface area (Å²) in [6.45, 7) is 2.37. The van der Waals surface area contributed by atoms with Crippen molar-refractivity contribution in [3.8, 4) is 11.5 Å². The van der Waals surface area contributed by atoms with Crippen LogP contribution in [0.4, 0.5) is 5.69 Å². The van der Waals surface area contributed by atoms with Crippen molar-refractivity contribution in [3.63, 3.8) is 0 Å². The fourth-order valence-corrected chi connectivity index (χ4v) is 2.13. The number of benzene rings is 1. The van der Waals surface area contributed by atoms with Crippen molar-refractivity contribution < 1.29 is 9.47 Å². The molecule has 0 fully saturated rings. The standard InChI is InChI=1S/C13H15N3O2/c1-17-11-2-3-12-13(6-11)18-5-4-16(12)8-10-7-14-9-15-10/h2-3,6-7,9H,4-5,8H2,1H3,(H,14,15). The van der Waals surface area contributed by atoms with E-state index in [-0.39, 0.29) is 0 Å². The second kappa shape index (κ2) is 4.60. The highest BCUT2D eigenvalue weighted by Gasteiger charge is 2.19. The molecule has 0 aliphatic carbocycles. The van der Waals surface area contributed by atoms with E-state index in [1.807, 2.05) is 24.4 Å². The van der Waals surface area contributed by atoms with Gasteiger partial charge in [-0.15, -0.1) is 0 Å². The van der Waals surface area contributed by atoms with Crippen LogP contribution in [0.15, 0.2) is 30.7 Å². The Labute approximate surface area is 105 Å². The van der Waals surface area contributed by atoms with Crippen LogP contribution < -0.4 is 14.4 Å². The predicted molar refractivity (Wildman–Crippen MR) is 68.1 cm³/mol. The van der Waals surface area contributed by atoms with Crippen molar-refractivity contribution in [1.82, 2.24) is 9.97 Å². The largest absolute Gasteiger partial charge is 0.497 e. The first-order valence-corrected chi connectivity index (χ1v) is 5.90. The van der Waals surface area contributed by atoms with Gasteiger partial charge in [-0.25, -0.2) is 4.98 Å². The highest BCUT2D eigenvalue weighted by Crippen LogP contribution is 2.35. The average molecular weight is 245 g/mol. The summed E-state index contributed by atoms with van der Waals surface area (Å²) in [5.41, 5.74) is 2.19. The average Bonchev–Trinajstić information content (AvgIpc) is 2.91. The molecule has 1 aromatic carbocycles. The molecule has 0 spiro atoms. The summed E-state index contributed by atoms with van der Waals surface area (Å²) in [5, 5.41) is 0. The van der Waals surface area contributed by atoms with Crippen LogP contribution in [-0.2, 0) is 6.54 Å².